The van der Waals surface area contributed by atoms with E-state index in [1.54, 1.807) is 6.92 Å². The Morgan fingerprint density at radius 2 is 1.84 bits per heavy atom. The van der Waals surface area contributed by atoms with Crippen molar-refractivity contribution in [2.24, 2.45) is 0 Å². The highest BCUT2D eigenvalue weighted by molar-refractivity contribution is 5.82. The molecular weight excluding hydrogens is 265 g/mol. The summed E-state index contributed by atoms with van der Waals surface area (Å²) in [6.07, 6.45) is -4.45. The molecule has 0 aliphatic carbocycles. The van der Waals surface area contributed by atoms with Gasteiger partial charge in [-0.15, -0.1) is 0 Å². The summed E-state index contributed by atoms with van der Waals surface area (Å²) in [4.78, 5) is 23.8. The molecule has 5 nitrogen and oxygen atoms in total. The molecule has 0 aromatic carbocycles. The second kappa shape index (κ2) is 8.60. The van der Waals surface area contributed by atoms with Crippen LogP contribution >= 0.6 is 0 Å². The van der Waals surface area contributed by atoms with Gasteiger partial charge >= 0.3 is 12.3 Å². The van der Waals surface area contributed by atoms with Gasteiger partial charge in [-0.25, -0.2) is 4.79 Å². The van der Waals surface area contributed by atoms with Gasteiger partial charge < -0.3 is 10.1 Å². The zero-order valence-corrected chi connectivity index (χ0v) is 11.0. The molecular formula is C11H19F3N2O3. The van der Waals surface area contributed by atoms with E-state index in [1.807, 2.05) is 6.92 Å². The summed E-state index contributed by atoms with van der Waals surface area (Å²) in [5.41, 5.74) is 0. The summed E-state index contributed by atoms with van der Waals surface area (Å²) in [6, 6.07) is 0. The van der Waals surface area contributed by atoms with Crippen molar-refractivity contribution in [2.75, 3.05) is 26.2 Å². The molecule has 0 saturated carbocycles. The zero-order chi connectivity index (χ0) is 14.9. The van der Waals surface area contributed by atoms with Gasteiger partial charge in [0, 0.05) is 13.1 Å². The summed E-state index contributed by atoms with van der Waals surface area (Å²) in [7, 11) is 0. The predicted molar refractivity (Wildman–Crippen MR) is 62.6 cm³/mol. The molecule has 0 fully saturated rings. The van der Waals surface area contributed by atoms with E-state index in [4.69, 9.17) is 0 Å². The summed E-state index contributed by atoms with van der Waals surface area (Å²) in [6.45, 7) is 2.27. The van der Waals surface area contributed by atoms with Crippen LogP contribution in [0, 0.1) is 0 Å². The molecule has 2 amide bonds. The van der Waals surface area contributed by atoms with Crippen LogP contribution in [0.25, 0.3) is 0 Å². The minimum absolute atomic E-state index is 0.163. The molecule has 0 aliphatic heterocycles. The first kappa shape index (κ1) is 17.5. The lowest BCUT2D eigenvalue weighted by Gasteiger charge is -2.21. The Hall–Kier alpha value is -1.47. The highest BCUT2D eigenvalue weighted by atomic mass is 19.4. The third kappa shape index (κ3) is 9.15. The largest absolute Gasteiger partial charge is 0.440 e. The van der Waals surface area contributed by atoms with E-state index in [1.165, 1.54) is 0 Å². The molecule has 0 heterocycles. The van der Waals surface area contributed by atoms with Crippen LogP contribution in [0.4, 0.5) is 18.0 Å². The van der Waals surface area contributed by atoms with E-state index in [-0.39, 0.29) is 13.1 Å². The molecule has 8 heteroatoms. The van der Waals surface area contributed by atoms with Gasteiger partial charge in [-0.2, -0.15) is 13.2 Å². The first-order valence-electron chi connectivity index (χ1n) is 6.05. The molecule has 0 aromatic heterocycles. The number of nitrogens with one attached hydrogen (secondary N) is 1. The van der Waals surface area contributed by atoms with Gasteiger partial charge in [-0.05, 0) is 12.8 Å². The molecule has 0 unspecified atom stereocenters. The topological polar surface area (TPSA) is 58.6 Å². The van der Waals surface area contributed by atoms with Crippen LogP contribution < -0.4 is 5.32 Å². The smallest absolute Gasteiger partial charge is 0.422 e. The highest BCUT2D eigenvalue weighted by Gasteiger charge is 2.31. The van der Waals surface area contributed by atoms with Crippen LogP contribution in [-0.4, -0.2) is 49.3 Å². The lowest BCUT2D eigenvalue weighted by Crippen LogP contribution is -2.42. The Bertz CT molecular complexity index is 295. The fourth-order valence-electron chi connectivity index (χ4n) is 1.23. The van der Waals surface area contributed by atoms with Crippen LogP contribution in [0.15, 0.2) is 0 Å². The van der Waals surface area contributed by atoms with Crippen molar-refractivity contribution in [1.82, 2.24) is 10.2 Å². The maximum Gasteiger partial charge on any atom is 0.422 e. The third-order valence-electron chi connectivity index (χ3n) is 2.02. The van der Waals surface area contributed by atoms with Crippen molar-refractivity contribution >= 4 is 12.0 Å². The number of hydrogen-bond donors (Lipinski definition) is 1. The van der Waals surface area contributed by atoms with E-state index in [2.05, 4.69) is 10.1 Å². The average Bonchev–Trinajstić information content (AvgIpc) is 2.32. The van der Waals surface area contributed by atoms with Gasteiger partial charge in [0.05, 0.1) is 0 Å². The van der Waals surface area contributed by atoms with Gasteiger partial charge in [0.2, 0.25) is 5.91 Å². The number of halogens is 3. The minimum atomic E-state index is -4.57. The lowest BCUT2D eigenvalue weighted by atomic mass is 10.4. The second-order valence-corrected chi connectivity index (χ2v) is 3.94. The summed E-state index contributed by atoms with van der Waals surface area (Å²) in [5.74, 6) is -0.417. The van der Waals surface area contributed by atoms with Crippen molar-refractivity contribution in [2.45, 2.75) is 32.9 Å². The van der Waals surface area contributed by atoms with Gasteiger partial charge in [0.25, 0.3) is 0 Å². The molecule has 1 N–H and O–H groups in total. The number of hydrogen-bond acceptors (Lipinski definition) is 3. The van der Waals surface area contributed by atoms with Crippen molar-refractivity contribution in [3.63, 3.8) is 0 Å². The van der Waals surface area contributed by atoms with Gasteiger partial charge in [-0.3, -0.25) is 9.69 Å². The molecule has 0 atom stereocenters. The molecule has 0 rings (SSSR count). The number of nitrogens with zero attached hydrogens (tertiary/aromatic N) is 1. The molecule has 0 saturated heterocycles. The number of alkyl halides is 3. The molecule has 0 bridgehead atoms. The second-order valence-electron chi connectivity index (χ2n) is 3.94. The molecule has 112 valence electrons. The molecule has 0 spiro atoms. The predicted octanol–water partition coefficient (Wildman–Crippen LogP) is 1.92. The lowest BCUT2D eigenvalue weighted by molar-refractivity contribution is -0.162. The quantitative estimate of drug-likeness (QED) is 0.777. The van der Waals surface area contributed by atoms with Crippen LogP contribution in [0.3, 0.4) is 0 Å². The standard InChI is InChI=1S/C11H19F3N2O3/c1-3-5-15-9(17)7-16(6-4-2)10(18)19-8-11(12,13)14/h3-8H2,1-2H3,(H,15,17). The number of rotatable bonds is 7. The molecule has 0 aromatic rings. The average molecular weight is 284 g/mol. The number of amides is 2. The van der Waals surface area contributed by atoms with E-state index < -0.39 is 24.8 Å². The summed E-state index contributed by atoms with van der Waals surface area (Å²) in [5, 5.41) is 2.54. The monoisotopic (exact) mass is 284 g/mol. The van der Waals surface area contributed by atoms with Crippen molar-refractivity contribution in [3.05, 3.63) is 0 Å². The fourth-order valence-corrected chi connectivity index (χ4v) is 1.23. The summed E-state index contributed by atoms with van der Waals surface area (Å²) >= 11 is 0. The van der Waals surface area contributed by atoms with Crippen LogP contribution in [0.1, 0.15) is 26.7 Å². The van der Waals surface area contributed by atoms with Gasteiger partial charge in [-0.1, -0.05) is 13.8 Å². The van der Waals surface area contributed by atoms with Crippen molar-refractivity contribution in [1.29, 1.82) is 0 Å². The fraction of sp³-hybridized carbons (Fsp3) is 0.818. The van der Waals surface area contributed by atoms with Crippen molar-refractivity contribution in [3.8, 4) is 0 Å². The Kier molecular flexibility index (Phi) is 7.94. The Morgan fingerprint density at radius 1 is 1.21 bits per heavy atom. The van der Waals surface area contributed by atoms with E-state index in [0.29, 0.717) is 13.0 Å². The van der Waals surface area contributed by atoms with Crippen molar-refractivity contribution < 1.29 is 27.5 Å². The number of carbonyl (C=O) groups excluding carboxylic acids is 2. The van der Waals surface area contributed by atoms with Crippen LogP contribution in [0.2, 0.25) is 0 Å². The maximum absolute atomic E-state index is 11.9. The highest BCUT2D eigenvalue weighted by Crippen LogP contribution is 2.15. The molecule has 19 heavy (non-hydrogen) atoms. The Balaban J connectivity index is 4.29. The summed E-state index contributed by atoms with van der Waals surface area (Å²) < 4.78 is 39.9. The van der Waals surface area contributed by atoms with E-state index in [9.17, 15) is 22.8 Å². The van der Waals surface area contributed by atoms with Gasteiger partial charge in [0.15, 0.2) is 6.61 Å². The first-order valence-corrected chi connectivity index (χ1v) is 6.05. The van der Waals surface area contributed by atoms with E-state index >= 15 is 0 Å². The van der Waals surface area contributed by atoms with Gasteiger partial charge in [0.1, 0.15) is 6.54 Å². The Morgan fingerprint density at radius 3 is 2.32 bits per heavy atom. The maximum atomic E-state index is 11.9. The van der Waals surface area contributed by atoms with E-state index in [0.717, 1.165) is 11.3 Å². The normalized spacial score (nSPS) is 11.0. The SMILES string of the molecule is CCCNC(=O)CN(CCC)C(=O)OCC(F)(F)F. The zero-order valence-electron chi connectivity index (χ0n) is 11.0. The van der Waals surface area contributed by atoms with Crippen LogP contribution in [-0.2, 0) is 9.53 Å². The van der Waals surface area contributed by atoms with Crippen LogP contribution in [0.5, 0.6) is 0 Å². The number of ether oxygens (including phenoxy) is 1. The molecule has 0 aliphatic rings. The minimum Gasteiger partial charge on any atom is -0.440 e. The third-order valence-corrected chi connectivity index (χ3v) is 2.02. The number of carbonyl (C=O) groups is 2. The molecule has 0 radical (unpaired) electrons. The Labute approximate surface area is 110 Å². The first-order chi connectivity index (χ1) is 8.80.